The fourth-order valence-electron chi connectivity index (χ4n) is 2.47. The molecule has 1 amide bonds. The van der Waals surface area contributed by atoms with E-state index in [0.29, 0.717) is 49.2 Å². The minimum atomic E-state index is -0.317. The van der Waals surface area contributed by atoms with Gasteiger partial charge in [-0.2, -0.15) is 0 Å². The van der Waals surface area contributed by atoms with Crippen molar-refractivity contribution in [2.45, 2.75) is 26.7 Å². The highest BCUT2D eigenvalue weighted by Gasteiger charge is 2.12. The summed E-state index contributed by atoms with van der Waals surface area (Å²) in [6.07, 6.45) is 2.04. The minimum absolute atomic E-state index is 0.181. The number of halogens is 1. The number of unbranched alkanes of at least 4 members (excludes halogenated alkanes) is 1. The van der Waals surface area contributed by atoms with Crippen LogP contribution in [-0.2, 0) is 4.74 Å². The van der Waals surface area contributed by atoms with Crippen molar-refractivity contribution in [3.8, 4) is 11.5 Å². The van der Waals surface area contributed by atoms with Crippen molar-refractivity contribution in [3.63, 3.8) is 0 Å². The molecule has 0 saturated carbocycles. The van der Waals surface area contributed by atoms with E-state index in [2.05, 4.69) is 33.5 Å². The molecule has 6 nitrogen and oxygen atoms in total. The number of amides is 1. The molecule has 2 aromatic carbocycles. The third kappa shape index (κ3) is 7.93. The van der Waals surface area contributed by atoms with Gasteiger partial charge in [0.25, 0.3) is 5.91 Å². The molecule has 0 aliphatic carbocycles. The number of hydrogen-bond acceptors (Lipinski definition) is 5. The number of rotatable bonds is 11. The van der Waals surface area contributed by atoms with Crippen LogP contribution in [0.3, 0.4) is 0 Å². The van der Waals surface area contributed by atoms with Gasteiger partial charge in [0.1, 0.15) is 18.1 Å². The first kappa shape index (κ1) is 24.1. The molecule has 0 saturated heterocycles. The lowest BCUT2D eigenvalue weighted by atomic mass is 10.2. The third-order valence-corrected chi connectivity index (χ3v) is 4.83. The average Bonchev–Trinajstić information content (AvgIpc) is 2.73. The van der Waals surface area contributed by atoms with Crippen LogP contribution >= 0.6 is 28.1 Å². The molecule has 0 atom stereocenters. The second kappa shape index (κ2) is 13.2. The summed E-state index contributed by atoms with van der Waals surface area (Å²) in [5.74, 6) is 1.02. The zero-order valence-electron chi connectivity index (χ0n) is 17.2. The summed E-state index contributed by atoms with van der Waals surface area (Å²) in [6.45, 7) is 6.24. The maximum absolute atomic E-state index is 12.6. The predicted molar refractivity (Wildman–Crippen MR) is 127 cm³/mol. The van der Waals surface area contributed by atoms with Crippen molar-refractivity contribution >= 4 is 44.9 Å². The zero-order chi connectivity index (χ0) is 21.8. The lowest BCUT2D eigenvalue weighted by molar-refractivity contribution is 0.0977. The smallest absolute Gasteiger partial charge is 0.257 e. The predicted octanol–water partition coefficient (Wildman–Crippen LogP) is 5.17. The highest BCUT2D eigenvalue weighted by molar-refractivity contribution is 9.10. The van der Waals surface area contributed by atoms with E-state index in [4.69, 9.17) is 26.4 Å². The van der Waals surface area contributed by atoms with Gasteiger partial charge in [-0.25, -0.2) is 0 Å². The Hall–Kier alpha value is -2.16. The van der Waals surface area contributed by atoms with Gasteiger partial charge in [0.05, 0.1) is 23.4 Å². The van der Waals surface area contributed by atoms with Gasteiger partial charge in [-0.15, -0.1) is 0 Å². The summed E-state index contributed by atoms with van der Waals surface area (Å²) in [6, 6.07) is 12.6. The van der Waals surface area contributed by atoms with E-state index in [1.54, 1.807) is 18.2 Å². The molecule has 2 aromatic rings. The van der Waals surface area contributed by atoms with Crippen molar-refractivity contribution in [1.82, 2.24) is 5.32 Å². The van der Waals surface area contributed by atoms with Crippen molar-refractivity contribution in [2.24, 2.45) is 0 Å². The maximum Gasteiger partial charge on any atom is 0.257 e. The molecule has 8 heteroatoms. The van der Waals surface area contributed by atoms with Crippen LogP contribution in [0.15, 0.2) is 46.9 Å². The topological polar surface area (TPSA) is 68.8 Å². The monoisotopic (exact) mass is 494 g/mol. The van der Waals surface area contributed by atoms with Gasteiger partial charge >= 0.3 is 0 Å². The SMILES string of the molecule is CCCCOc1ccc(C(=O)NC(=S)Nc2ccccc2OCCOCC)cc1Br. The van der Waals surface area contributed by atoms with Crippen molar-refractivity contribution in [1.29, 1.82) is 0 Å². The molecule has 0 spiro atoms. The number of hydrogen-bond donors (Lipinski definition) is 2. The number of ether oxygens (including phenoxy) is 3. The van der Waals surface area contributed by atoms with E-state index in [1.807, 2.05) is 31.2 Å². The number of carbonyl (C=O) groups is 1. The summed E-state index contributed by atoms with van der Waals surface area (Å²) in [5.41, 5.74) is 1.13. The first-order valence-electron chi connectivity index (χ1n) is 9.89. The number of thiocarbonyl (C=S) groups is 1. The van der Waals surface area contributed by atoms with E-state index >= 15 is 0 Å². The first-order chi connectivity index (χ1) is 14.5. The second-order valence-corrected chi connectivity index (χ2v) is 7.56. The molecule has 0 unspecified atom stereocenters. The van der Waals surface area contributed by atoms with Gasteiger partial charge in [-0.1, -0.05) is 25.5 Å². The number of anilines is 1. The Morgan fingerprint density at radius 1 is 1.03 bits per heavy atom. The van der Waals surface area contributed by atoms with E-state index in [9.17, 15) is 4.79 Å². The molecule has 0 heterocycles. The van der Waals surface area contributed by atoms with Gasteiger partial charge in [-0.3, -0.25) is 10.1 Å². The van der Waals surface area contributed by atoms with Gasteiger partial charge in [0.2, 0.25) is 0 Å². The third-order valence-electron chi connectivity index (χ3n) is 4.00. The first-order valence-corrected chi connectivity index (χ1v) is 11.1. The molecule has 162 valence electrons. The highest BCUT2D eigenvalue weighted by atomic mass is 79.9. The second-order valence-electron chi connectivity index (χ2n) is 6.30. The summed E-state index contributed by atoms with van der Waals surface area (Å²) >= 11 is 8.75. The van der Waals surface area contributed by atoms with Crippen LogP contribution in [0.4, 0.5) is 5.69 Å². The molecule has 0 aliphatic rings. The molecule has 0 aromatic heterocycles. The number of carbonyl (C=O) groups excluding carboxylic acids is 1. The summed E-state index contributed by atoms with van der Waals surface area (Å²) in [5, 5.41) is 5.88. The Morgan fingerprint density at radius 2 is 1.80 bits per heavy atom. The van der Waals surface area contributed by atoms with Crippen molar-refractivity contribution in [2.75, 3.05) is 31.7 Å². The molecular formula is C22H27BrN2O4S. The lowest BCUT2D eigenvalue weighted by Crippen LogP contribution is -2.34. The standard InChI is InChI=1S/C22H27BrN2O4S/c1-3-5-12-28-19-11-10-16(15-17(19)23)21(26)25-22(30)24-18-8-6-7-9-20(18)29-14-13-27-4-2/h6-11,15H,3-5,12-14H2,1-2H3,(H2,24,25,26,30). The fourth-order valence-corrected chi connectivity index (χ4v) is 3.16. The van der Waals surface area contributed by atoms with Crippen LogP contribution in [0, 0.1) is 0 Å². The Kier molecular flexibility index (Phi) is 10.6. The number of para-hydroxylation sites is 2. The quantitative estimate of drug-likeness (QED) is 0.331. The van der Waals surface area contributed by atoms with Gasteiger partial charge in [-0.05, 0) is 71.8 Å². The summed E-state index contributed by atoms with van der Waals surface area (Å²) in [4.78, 5) is 12.6. The maximum atomic E-state index is 12.6. The lowest BCUT2D eigenvalue weighted by Gasteiger charge is -2.14. The molecule has 0 radical (unpaired) electrons. The Balaban J connectivity index is 1.93. The van der Waals surface area contributed by atoms with Crippen molar-refractivity contribution < 1.29 is 19.0 Å². The normalized spacial score (nSPS) is 10.4. The van der Waals surface area contributed by atoms with Crippen LogP contribution < -0.4 is 20.1 Å². The van der Waals surface area contributed by atoms with Crippen LogP contribution in [0.25, 0.3) is 0 Å². The fraction of sp³-hybridized carbons (Fsp3) is 0.364. The molecule has 0 aliphatic heterocycles. The molecule has 2 rings (SSSR count). The number of nitrogens with one attached hydrogen (secondary N) is 2. The molecule has 30 heavy (non-hydrogen) atoms. The molecular weight excluding hydrogens is 468 g/mol. The molecule has 0 bridgehead atoms. The van der Waals surface area contributed by atoms with Gasteiger partial charge in [0.15, 0.2) is 5.11 Å². The Labute approximate surface area is 191 Å². The highest BCUT2D eigenvalue weighted by Crippen LogP contribution is 2.26. The summed E-state index contributed by atoms with van der Waals surface area (Å²) < 4.78 is 17.4. The van der Waals surface area contributed by atoms with E-state index in [0.717, 1.165) is 17.3 Å². The Bertz CT molecular complexity index is 848. The van der Waals surface area contributed by atoms with E-state index in [1.165, 1.54) is 0 Å². The van der Waals surface area contributed by atoms with E-state index in [-0.39, 0.29) is 11.0 Å². The van der Waals surface area contributed by atoms with Crippen LogP contribution in [0.1, 0.15) is 37.0 Å². The Morgan fingerprint density at radius 3 is 2.53 bits per heavy atom. The van der Waals surface area contributed by atoms with Crippen LogP contribution in [-0.4, -0.2) is 37.4 Å². The van der Waals surface area contributed by atoms with Gasteiger partial charge < -0.3 is 19.5 Å². The largest absolute Gasteiger partial charge is 0.492 e. The van der Waals surface area contributed by atoms with Crippen LogP contribution in [0.2, 0.25) is 0 Å². The summed E-state index contributed by atoms with van der Waals surface area (Å²) in [7, 11) is 0. The van der Waals surface area contributed by atoms with Gasteiger partial charge in [0, 0.05) is 12.2 Å². The average molecular weight is 495 g/mol. The zero-order valence-corrected chi connectivity index (χ0v) is 19.6. The van der Waals surface area contributed by atoms with Crippen LogP contribution in [0.5, 0.6) is 11.5 Å². The van der Waals surface area contributed by atoms with Crippen molar-refractivity contribution in [3.05, 3.63) is 52.5 Å². The molecule has 2 N–H and O–H groups in total. The number of benzene rings is 2. The minimum Gasteiger partial charge on any atom is -0.492 e. The van der Waals surface area contributed by atoms with E-state index < -0.39 is 0 Å². The molecule has 0 fully saturated rings.